The molecule has 3 rings (SSSR count). The number of thioether (sulfide) groups is 1. The van der Waals surface area contributed by atoms with Gasteiger partial charge in [-0.2, -0.15) is 0 Å². The molecule has 1 fully saturated rings. The smallest absolute Gasteiger partial charge is 0.266 e. The first-order chi connectivity index (χ1) is 13.4. The van der Waals surface area contributed by atoms with Crippen LogP contribution in [0.2, 0.25) is 0 Å². The van der Waals surface area contributed by atoms with E-state index in [0.29, 0.717) is 27.1 Å². The number of carbonyl (C=O) groups is 1. The molecular formula is C20H18BrFN2O3S. The number of hydrogen-bond acceptors (Lipinski definition) is 5. The van der Waals surface area contributed by atoms with Crippen molar-refractivity contribution in [2.75, 3.05) is 21.2 Å². The summed E-state index contributed by atoms with van der Waals surface area (Å²) in [6.07, 6.45) is 1.77. The molecule has 0 saturated carbocycles. The van der Waals surface area contributed by atoms with Crippen molar-refractivity contribution in [3.05, 3.63) is 62.7 Å². The summed E-state index contributed by atoms with van der Waals surface area (Å²) in [5, 5.41) is 0.643. The molecule has 0 N–H and O–H groups in total. The van der Waals surface area contributed by atoms with Crippen molar-refractivity contribution in [3.63, 3.8) is 0 Å². The van der Waals surface area contributed by atoms with Crippen LogP contribution in [0.5, 0.6) is 11.5 Å². The van der Waals surface area contributed by atoms with Crippen LogP contribution >= 0.6 is 27.7 Å². The minimum atomic E-state index is -0.323. The number of ether oxygens (including phenoxy) is 2. The summed E-state index contributed by atoms with van der Waals surface area (Å²) in [7, 11) is 4.87. The van der Waals surface area contributed by atoms with Crippen LogP contribution in [-0.2, 0) is 11.4 Å². The third-order valence-corrected chi connectivity index (χ3v) is 5.94. The first kappa shape index (κ1) is 20.4. The van der Waals surface area contributed by atoms with Crippen LogP contribution in [0, 0.1) is 5.82 Å². The van der Waals surface area contributed by atoms with Crippen molar-refractivity contribution in [1.29, 1.82) is 0 Å². The molecule has 28 heavy (non-hydrogen) atoms. The number of carbonyl (C=O) groups excluding carboxylic acids is 1. The third kappa shape index (κ3) is 4.23. The summed E-state index contributed by atoms with van der Waals surface area (Å²) in [5.41, 5.74) is 1.21. The molecule has 2 aromatic carbocycles. The zero-order valence-corrected chi connectivity index (χ0v) is 17.9. The van der Waals surface area contributed by atoms with E-state index in [-0.39, 0.29) is 18.3 Å². The van der Waals surface area contributed by atoms with E-state index in [1.807, 2.05) is 0 Å². The highest BCUT2D eigenvalue weighted by Gasteiger charge is 2.30. The third-order valence-electron chi connectivity index (χ3n) is 4.11. The predicted molar refractivity (Wildman–Crippen MR) is 113 cm³/mol. The molecule has 0 atom stereocenters. The molecule has 1 aliphatic rings. The molecule has 0 unspecified atom stereocenters. The fraction of sp³-hybridized carbons (Fsp3) is 0.200. The number of aliphatic imine (C=N–C) groups is 1. The van der Waals surface area contributed by atoms with E-state index in [1.54, 1.807) is 50.5 Å². The van der Waals surface area contributed by atoms with Gasteiger partial charge in [-0.05, 0) is 41.6 Å². The van der Waals surface area contributed by atoms with Crippen molar-refractivity contribution in [1.82, 2.24) is 4.90 Å². The zero-order valence-electron chi connectivity index (χ0n) is 15.5. The van der Waals surface area contributed by atoms with Crippen LogP contribution in [0.25, 0.3) is 6.08 Å². The van der Waals surface area contributed by atoms with Crippen molar-refractivity contribution in [3.8, 4) is 11.5 Å². The first-order valence-electron chi connectivity index (χ1n) is 8.32. The van der Waals surface area contributed by atoms with E-state index in [9.17, 15) is 9.18 Å². The van der Waals surface area contributed by atoms with Gasteiger partial charge < -0.3 is 9.47 Å². The Bertz CT molecular complexity index is 978. The molecule has 1 aliphatic heterocycles. The average Bonchev–Trinajstić information content (AvgIpc) is 2.96. The lowest BCUT2D eigenvalue weighted by molar-refractivity contribution is -0.121. The lowest BCUT2D eigenvalue weighted by Gasteiger charge is -2.13. The number of amidine groups is 1. The Labute approximate surface area is 175 Å². The van der Waals surface area contributed by atoms with Crippen molar-refractivity contribution < 1.29 is 18.7 Å². The van der Waals surface area contributed by atoms with Crippen LogP contribution in [0.15, 0.2) is 50.8 Å². The highest BCUT2D eigenvalue weighted by Crippen LogP contribution is 2.38. The minimum absolute atomic E-state index is 0.0748. The number of amides is 1. The Hall–Kier alpha value is -2.32. The number of halogens is 2. The molecule has 1 amide bonds. The van der Waals surface area contributed by atoms with Gasteiger partial charge in [0.2, 0.25) is 0 Å². The monoisotopic (exact) mass is 464 g/mol. The first-order valence-corrected chi connectivity index (χ1v) is 9.93. The molecule has 0 spiro atoms. The van der Waals surface area contributed by atoms with Crippen LogP contribution in [0.3, 0.4) is 0 Å². The second kappa shape index (κ2) is 8.79. The van der Waals surface area contributed by atoms with Gasteiger partial charge in [0.1, 0.15) is 12.4 Å². The summed E-state index contributed by atoms with van der Waals surface area (Å²) < 4.78 is 25.7. The van der Waals surface area contributed by atoms with Gasteiger partial charge in [0.15, 0.2) is 16.7 Å². The molecule has 5 nitrogen and oxygen atoms in total. The lowest BCUT2D eigenvalue weighted by atomic mass is 10.1. The maximum atomic E-state index is 13.8. The topological polar surface area (TPSA) is 51.1 Å². The fourth-order valence-corrected chi connectivity index (χ4v) is 3.95. The SMILES string of the molecule is CN=C1S/C(=C/c2cc(OC)c(OCc3ccccc3F)cc2Br)C(=O)N1C. The normalized spacial score (nSPS) is 16.9. The van der Waals surface area contributed by atoms with Gasteiger partial charge in [-0.15, -0.1) is 0 Å². The predicted octanol–water partition coefficient (Wildman–Crippen LogP) is 4.71. The largest absolute Gasteiger partial charge is 0.493 e. The van der Waals surface area contributed by atoms with Crippen LogP contribution < -0.4 is 9.47 Å². The van der Waals surface area contributed by atoms with E-state index in [0.717, 1.165) is 10.0 Å². The summed E-state index contributed by atoms with van der Waals surface area (Å²) in [6, 6.07) is 9.96. The van der Waals surface area contributed by atoms with Gasteiger partial charge in [-0.1, -0.05) is 34.1 Å². The molecule has 0 aromatic heterocycles. The minimum Gasteiger partial charge on any atom is -0.493 e. The van der Waals surface area contributed by atoms with E-state index in [4.69, 9.17) is 9.47 Å². The standard InChI is InChI=1S/C20H18BrFN2O3S/c1-23-20-24(2)19(25)18(28-20)9-13-8-16(26-3)17(10-14(13)21)27-11-12-6-4-5-7-15(12)22/h4-10H,11H2,1-3H3/b18-9+,23-20?. The Balaban J connectivity index is 1.87. The molecule has 0 bridgehead atoms. The molecule has 0 aliphatic carbocycles. The number of rotatable bonds is 5. The maximum absolute atomic E-state index is 13.8. The Morgan fingerprint density at radius 2 is 2.04 bits per heavy atom. The molecule has 2 aromatic rings. The zero-order chi connectivity index (χ0) is 20.3. The number of methoxy groups -OCH3 is 1. The molecule has 146 valence electrons. The van der Waals surface area contributed by atoms with E-state index in [2.05, 4.69) is 20.9 Å². The number of nitrogens with zero attached hydrogens (tertiary/aromatic N) is 2. The van der Waals surface area contributed by atoms with Crippen molar-refractivity contribution in [2.45, 2.75) is 6.61 Å². The highest BCUT2D eigenvalue weighted by molar-refractivity contribution is 9.10. The maximum Gasteiger partial charge on any atom is 0.266 e. The van der Waals surface area contributed by atoms with E-state index in [1.165, 1.54) is 29.8 Å². The van der Waals surface area contributed by atoms with Gasteiger partial charge in [-0.3, -0.25) is 14.7 Å². The second-order valence-electron chi connectivity index (χ2n) is 5.89. The van der Waals surface area contributed by atoms with Crippen LogP contribution in [0.4, 0.5) is 4.39 Å². The Morgan fingerprint density at radius 1 is 1.29 bits per heavy atom. The van der Waals surface area contributed by atoms with Crippen molar-refractivity contribution >= 4 is 44.8 Å². The van der Waals surface area contributed by atoms with Gasteiger partial charge in [0.25, 0.3) is 5.91 Å². The summed E-state index contributed by atoms with van der Waals surface area (Å²) in [6.45, 7) is 0.0748. The lowest BCUT2D eigenvalue weighted by Crippen LogP contribution is -2.23. The summed E-state index contributed by atoms with van der Waals surface area (Å²) >= 11 is 4.82. The summed E-state index contributed by atoms with van der Waals surface area (Å²) in [5.74, 6) is 0.519. The quantitative estimate of drug-likeness (QED) is 0.601. The van der Waals surface area contributed by atoms with Crippen LogP contribution in [0.1, 0.15) is 11.1 Å². The van der Waals surface area contributed by atoms with E-state index >= 15 is 0 Å². The molecule has 8 heteroatoms. The molecular weight excluding hydrogens is 447 g/mol. The Morgan fingerprint density at radius 3 is 2.68 bits per heavy atom. The fourth-order valence-electron chi connectivity index (χ4n) is 2.60. The average molecular weight is 465 g/mol. The van der Waals surface area contributed by atoms with Gasteiger partial charge >= 0.3 is 0 Å². The number of benzene rings is 2. The number of likely N-dealkylation sites (N-methyl/N-ethyl adjacent to an activating group) is 1. The van der Waals surface area contributed by atoms with Crippen molar-refractivity contribution in [2.24, 2.45) is 4.99 Å². The van der Waals surface area contributed by atoms with Gasteiger partial charge in [0.05, 0.1) is 12.0 Å². The molecule has 1 saturated heterocycles. The molecule has 1 heterocycles. The van der Waals surface area contributed by atoms with Crippen LogP contribution in [-0.4, -0.2) is 37.2 Å². The number of hydrogen-bond donors (Lipinski definition) is 0. The van der Waals surface area contributed by atoms with E-state index < -0.39 is 0 Å². The molecule has 0 radical (unpaired) electrons. The summed E-state index contributed by atoms with van der Waals surface area (Å²) in [4.78, 5) is 18.5. The Kier molecular flexibility index (Phi) is 6.41. The highest BCUT2D eigenvalue weighted by atomic mass is 79.9. The van der Waals surface area contributed by atoms with Gasteiger partial charge in [0, 0.05) is 24.1 Å². The van der Waals surface area contributed by atoms with Gasteiger partial charge in [-0.25, -0.2) is 4.39 Å². The second-order valence-corrected chi connectivity index (χ2v) is 7.75.